The fourth-order valence-electron chi connectivity index (χ4n) is 3.91. The van der Waals surface area contributed by atoms with Crippen LogP contribution in [-0.4, -0.2) is 44.7 Å². The summed E-state index contributed by atoms with van der Waals surface area (Å²) in [6.07, 6.45) is 0. The molecular formula is C20H24N6. The number of aromatic nitrogens is 4. The minimum absolute atomic E-state index is 0.118. The maximum absolute atomic E-state index is 6.09. The van der Waals surface area contributed by atoms with E-state index in [-0.39, 0.29) is 6.04 Å². The van der Waals surface area contributed by atoms with Crippen LogP contribution in [-0.2, 0) is 0 Å². The number of hydrogen-bond donors (Lipinski definition) is 1. The molecule has 0 spiro atoms. The molecule has 4 rings (SSSR count). The van der Waals surface area contributed by atoms with Crippen molar-refractivity contribution < 1.29 is 0 Å². The Bertz CT molecular complexity index is 832. The molecular weight excluding hydrogens is 324 g/mol. The van der Waals surface area contributed by atoms with Gasteiger partial charge in [0.2, 0.25) is 0 Å². The van der Waals surface area contributed by atoms with Gasteiger partial charge in [-0.25, -0.2) is 0 Å². The minimum Gasteiger partial charge on any atom is -0.330 e. The van der Waals surface area contributed by atoms with Gasteiger partial charge in [0.25, 0.3) is 0 Å². The smallest absolute Gasteiger partial charge is 0.173 e. The zero-order valence-electron chi connectivity index (χ0n) is 14.9. The van der Waals surface area contributed by atoms with Crippen molar-refractivity contribution in [3.8, 4) is 5.69 Å². The second-order valence-electron chi connectivity index (χ2n) is 6.93. The second-order valence-corrected chi connectivity index (χ2v) is 6.93. The summed E-state index contributed by atoms with van der Waals surface area (Å²) in [6.45, 7) is 4.78. The molecule has 0 aliphatic carbocycles. The van der Waals surface area contributed by atoms with Crippen LogP contribution in [0.5, 0.6) is 0 Å². The van der Waals surface area contributed by atoms with E-state index >= 15 is 0 Å². The summed E-state index contributed by atoms with van der Waals surface area (Å²) in [5.41, 5.74) is 8.43. The number of benzene rings is 2. The summed E-state index contributed by atoms with van der Waals surface area (Å²) in [4.78, 5) is 2.44. The number of rotatable bonds is 5. The minimum atomic E-state index is 0.118. The van der Waals surface area contributed by atoms with Gasteiger partial charge in [0, 0.05) is 19.0 Å². The van der Waals surface area contributed by atoms with Crippen LogP contribution >= 0.6 is 0 Å². The molecule has 1 aliphatic heterocycles. The van der Waals surface area contributed by atoms with E-state index in [0.717, 1.165) is 24.6 Å². The molecule has 134 valence electrons. The largest absolute Gasteiger partial charge is 0.330 e. The molecule has 0 radical (unpaired) electrons. The summed E-state index contributed by atoms with van der Waals surface area (Å²) in [7, 11) is 0. The van der Waals surface area contributed by atoms with Crippen molar-refractivity contribution in [1.82, 2.24) is 25.1 Å². The molecule has 3 atom stereocenters. The maximum atomic E-state index is 6.09. The number of tetrazole rings is 1. The average molecular weight is 348 g/mol. The number of nitrogens with two attached hydrogens (primary N) is 1. The first kappa shape index (κ1) is 16.9. The van der Waals surface area contributed by atoms with E-state index in [0.29, 0.717) is 18.4 Å². The van der Waals surface area contributed by atoms with Gasteiger partial charge in [-0.1, -0.05) is 48.5 Å². The van der Waals surface area contributed by atoms with Gasteiger partial charge in [0.1, 0.15) is 0 Å². The lowest BCUT2D eigenvalue weighted by Crippen LogP contribution is -2.28. The highest BCUT2D eigenvalue weighted by molar-refractivity contribution is 5.31. The standard InChI is InChI=1S/C20H24N6/c1-15(20-22-23-24-26(20)18-10-6-3-7-11-18)25-13-17(12-21)19(14-25)16-8-4-2-5-9-16/h2-11,15,17,19H,12-14,21H2,1H3/t15?,17-,19+/m1/s1. The van der Waals surface area contributed by atoms with Gasteiger partial charge in [-0.2, -0.15) is 4.68 Å². The van der Waals surface area contributed by atoms with Crippen LogP contribution in [0.1, 0.15) is 30.3 Å². The Morgan fingerprint density at radius 1 is 1.04 bits per heavy atom. The highest BCUT2D eigenvalue weighted by Gasteiger charge is 2.36. The van der Waals surface area contributed by atoms with Crippen LogP contribution in [0.3, 0.4) is 0 Å². The van der Waals surface area contributed by atoms with Crippen molar-refractivity contribution in [1.29, 1.82) is 0 Å². The lowest BCUT2D eigenvalue weighted by molar-refractivity contribution is 0.240. The molecule has 2 N–H and O–H groups in total. The van der Waals surface area contributed by atoms with Gasteiger partial charge in [-0.15, -0.1) is 5.10 Å². The summed E-state index contributed by atoms with van der Waals surface area (Å²) in [5, 5.41) is 12.4. The fourth-order valence-corrected chi connectivity index (χ4v) is 3.91. The SMILES string of the molecule is CC(c1nnnn1-c1ccccc1)N1C[C@@H](CN)[C@H](c2ccccc2)C1. The predicted molar refractivity (Wildman–Crippen MR) is 101 cm³/mol. The highest BCUT2D eigenvalue weighted by atomic mass is 15.6. The average Bonchev–Trinajstić information content (AvgIpc) is 3.36. The molecule has 6 nitrogen and oxygen atoms in total. The lowest BCUT2D eigenvalue weighted by atomic mass is 9.89. The van der Waals surface area contributed by atoms with Crippen molar-refractivity contribution >= 4 is 0 Å². The van der Waals surface area contributed by atoms with E-state index in [2.05, 4.69) is 57.7 Å². The Hall–Kier alpha value is -2.57. The van der Waals surface area contributed by atoms with Crippen LogP contribution in [0, 0.1) is 5.92 Å². The molecule has 0 saturated carbocycles. The van der Waals surface area contributed by atoms with Gasteiger partial charge >= 0.3 is 0 Å². The summed E-state index contributed by atoms with van der Waals surface area (Å²) in [5.74, 6) is 1.76. The second kappa shape index (κ2) is 7.35. The van der Waals surface area contributed by atoms with Crippen LogP contribution in [0.2, 0.25) is 0 Å². The molecule has 3 aromatic rings. The number of nitrogens with zero attached hydrogens (tertiary/aromatic N) is 5. The zero-order chi connectivity index (χ0) is 17.9. The molecule has 1 unspecified atom stereocenters. The third kappa shape index (κ3) is 3.13. The Labute approximate surface area is 153 Å². The Balaban J connectivity index is 1.58. The molecule has 6 heteroatoms. The molecule has 0 amide bonds. The zero-order valence-corrected chi connectivity index (χ0v) is 14.9. The molecule has 2 heterocycles. The van der Waals surface area contributed by atoms with E-state index in [1.807, 2.05) is 35.0 Å². The van der Waals surface area contributed by atoms with Crippen LogP contribution in [0.25, 0.3) is 5.69 Å². The van der Waals surface area contributed by atoms with Gasteiger partial charge in [-0.05, 0) is 47.5 Å². The summed E-state index contributed by atoms with van der Waals surface area (Å²) >= 11 is 0. The van der Waals surface area contributed by atoms with Crippen LogP contribution in [0.15, 0.2) is 60.7 Å². The van der Waals surface area contributed by atoms with E-state index in [1.54, 1.807) is 0 Å². The number of para-hydroxylation sites is 1. The molecule has 1 saturated heterocycles. The van der Waals surface area contributed by atoms with Gasteiger partial charge in [0.15, 0.2) is 5.82 Å². The van der Waals surface area contributed by atoms with Gasteiger partial charge < -0.3 is 5.73 Å². The normalized spacial score (nSPS) is 21.8. The molecule has 2 aromatic carbocycles. The van der Waals surface area contributed by atoms with Crippen molar-refractivity contribution in [3.05, 3.63) is 72.1 Å². The molecule has 1 aliphatic rings. The summed E-state index contributed by atoms with van der Waals surface area (Å²) in [6, 6.07) is 20.8. The number of likely N-dealkylation sites (tertiary alicyclic amines) is 1. The topological polar surface area (TPSA) is 72.9 Å². The van der Waals surface area contributed by atoms with E-state index < -0.39 is 0 Å². The van der Waals surface area contributed by atoms with E-state index in [4.69, 9.17) is 5.73 Å². The Morgan fingerprint density at radius 3 is 2.42 bits per heavy atom. The molecule has 1 aromatic heterocycles. The Kier molecular flexibility index (Phi) is 4.77. The maximum Gasteiger partial charge on any atom is 0.173 e. The van der Waals surface area contributed by atoms with Crippen molar-refractivity contribution in [2.45, 2.75) is 18.9 Å². The molecule has 0 bridgehead atoms. The first-order valence-corrected chi connectivity index (χ1v) is 9.10. The first-order valence-electron chi connectivity index (χ1n) is 9.10. The monoisotopic (exact) mass is 348 g/mol. The van der Waals surface area contributed by atoms with Crippen LogP contribution in [0.4, 0.5) is 0 Å². The van der Waals surface area contributed by atoms with E-state index in [1.165, 1.54) is 5.56 Å². The quantitative estimate of drug-likeness (QED) is 0.766. The first-order chi connectivity index (χ1) is 12.8. The van der Waals surface area contributed by atoms with Crippen molar-refractivity contribution in [2.24, 2.45) is 11.7 Å². The fraction of sp³-hybridized carbons (Fsp3) is 0.350. The summed E-state index contributed by atoms with van der Waals surface area (Å²) < 4.78 is 1.83. The van der Waals surface area contributed by atoms with Gasteiger partial charge in [0.05, 0.1) is 11.7 Å². The van der Waals surface area contributed by atoms with Crippen molar-refractivity contribution in [2.75, 3.05) is 19.6 Å². The lowest BCUT2D eigenvalue weighted by Gasteiger charge is -2.23. The predicted octanol–water partition coefficient (Wildman–Crippen LogP) is 2.40. The van der Waals surface area contributed by atoms with E-state index in [9.17, 15) is 0 Å². The van der Waals surface area contributed by atoms with Crippen molar-refractivity contribution in [3.63, 3.8) is 0 Å². The Morgan fingerprint density at radius 2 is 1.73 bits per heavy atom. The third-order valence-corrected chi connectivity index (χ3v) is 5.42. The number of hydrogen-bond acceptors (Lipinski definition) is 5. The molecule has 26 heavy (non-hydrogen) atoms. The van der Waals surface area contributed by atoms with Crippen LogP contribution < -0.4 is 5.73 Å². The third-order valence-electron chi connectivity index (χ3n) is 5.42. The van der Waals surface area contributed by atoms with Gasteiger partial charge in [-0.3, -0.25) is 4.90 Å². The highest BCUT2D eigenvalue weighted by Crippen LogP contribution is 2.36. The molecule has 1 fully saturated rings.